The Hall–Kier alpha value is -4.46. The lowest BCUT2D eigenvalue weighted by Crippen LogP contribution is -2.31. The van der Waals surface area contributed by atoms with Crippen LogP contribution in [-0.2, 0) is 6.42 Å². The number of hydrogen-bond donors (Lipinski definition) is 2. The first-order chi connectivity index (χ1) is 16.5. The van der Waals surface area contributed by atoms with E-state index in [4.69, 9.17) is 0 Å². The van der Waals surface area contributed by atoms with Crippen molar-refractivity contribution in [1.29, 1.82) is 0 Å². The van der Waals surface area contributed by atoms with Gasteiger partial charge in [0.2, 0.25) is 0 Å². The molecule has 3 aromatic rings. The van der Waals surface area contributed by atoms with Gasteiger partial charge in [-0.3, -0.25) is 24.2 Å². The van der Waals surface area contributed by atoms with Crippen LogP contribution in [0.4, 0.5) is 16.2 Å². The molecular weight excluding hydrogens is 432 g/mol. The van der Waals surface area contributed by atoms with E-state index in [2.05, 4.69) is 10.6 Å². The Labute approximate surface area is 196 Å². The smallest absolute Gasteiger partial charge is 0.321 e. The Morgan fingerprint density at radius 1 is 0.882 bits per heavy atom. The molecule has 2 N–H and O–H groups in total. The van der Waals surface area contributed by atoms with Crippen LogP contribution in [0.3, 0.4) is 0 Å². The zero-order chi connectivity index (χ0) is 23.7. The highest BCUT2D eigenvalue weighted by atomic mass is 16.2. The van der Waals surface area contributed by atoms with Crippen LogP contribution < -0.4 is 15.5 Å². The summed E-state index contributed by atoms with van der Waals surface area (Å²) in [6, 6.07) is 21.0. The number of nitrogens with one attached hydrogen (secondary N) is 2. The Balaban J connectivity index is 1.30. The van der Waals surface area contributed by atoms with E-state index in [1.807, 2.05) is 30.3 Å². The molecule has 0 saturated carbocycles. The zero-order valence-corrected chi connectivity index (χ0v) is 18.3. The lowest BCUT2D eigenvalue weighted by atomic mass is 10.1. The van der Waals surface area contributed by atoms with Crippen molar-refractivity contribution in [2.45, 2.75) is 6.42 Å². The van der Waals surface area contributed by atoms with E-state index in [1.165, 1.54) is 23.1 Å². The predicted molar refractivity (Wildman–Crippen MR) is 127 cm³/mol. The number of carbonyl (C=O) groups is 4. The molecule has 0 unspecified atom stereocenters. The Kier molecular flexibility index (Phi) is 5.55. The average Bonchev–Trinajstić information content (AvgIpc) is 3.39. The minimum absolute atomic E-state index is 0.179. The maximum atomic E-state index is 12.9. The fourth-order valence-corrected chi connectivity index (χ4v) is 4.19. The topological polar surface area (TPSA) is 98.8 Å². The molecule has 8 heteroatoms. The largest absolute Gasteiger partial charge is 0.336 e. The number of nitrogens with zero attached hydrogens (tertiary/aromatic N) is 2. The number of rotatable bonds is 6. The van der Waals surface area contributed by atoms with Crippen LogP contribution in [0.15, 0.2) is 72.8 Å². The molecule has 0 spiro atoms. The summed E-state index contributed by atoms with van der Waals surface area (Å²) in [6.45, 7) is 1.40. The summed E-state index contributed by atoms with van der Waals surface area (Å²) in [5.74, 6) is -1.15. The van der Waals surface area contributed by atoms with Gasteiger partial charge in [0.05, 0.1) is 11.1 Å². The van der Waals surface area contributed by atoms with E-state index < -0.39 is 11.8 Å². The Morgan fingerprint density at radius 3 is 2.44 bits per heavy atom. The molecule has 0 aromatic heterocycles. The minimum atomic E-state index is -0.409. The second-order valence-electron chi connectivity index (χ2n) is 8.15. The fraction of sp³-hybridized carbons (Fsp3) is 0.154. The van der Waals surface area contributed by atoms with Crippen LogP contribution >= 0.6 is 0 Å². The number of amides is 5. The van der Waals surface area contributed by atoms with Crippen molar-refractivity contribution in [3.05, 3.63) is 95.1 Å². The normalized spacial score (nSPS) is 14.9. The number of urea groups is 1. The second-order valence-corrected chi connectivity index (χ2v) is 8.15. The van der Waals surface area contributed by atoms with Crippen molar-refractivity contribution in [3.8, 4) is 0 Å². The summed E-state index contributed by atoms with van der Waals surface area (Å²) in [5.41, 5.74) is 3.04. The standard InChI is InChI=1S/C26H22N4O4/c31-23(28-19-7-4-8-20(16-19)29-14-12-27-26(29)34)18-9-10-21-22(15-18)25(33)30(24(21)32)13-11-17-5-2-1-3-6-17/h1-10,15-16H,11-14H2,(H,27,34)(H,28,31). The summed E-state index contributed by atoms with van der Waals surface area (Å²) in [4.78, 5) is 53.3. The van der Waals surface area contributed by atoms with Gasteiger partial charge in [0.1, 0.15) is 0 Å². The summed E-state index contributed by atoms with van der Waals surface area (Å²) in [6.07, 6.45) is 0.561. The van der Waals surface area contributed by atoms with Gasteiger partial charge < -0.3 is 10.6 Å². The molecule has 0 atom stereocenters. The third-order valence-electron chi connectivity index (χ3n) is 5.97. The first-order valence-corrected chi connectivity index (χ1v) is 11.0. The van der Waals surface area contributed by atoms with Crippen LogP contribution in [0.1, 0.15) is 36.6 Å². The highest BCUT2D eigenvalue weighted by molar-refractivity contribution is 6.22. The highest BCUT2D eigenvalue weighted by Crippen LogP contribution is 2.26. The van der Waals surface area contributed by atoms with Gasteiger partial charge in [0.25, 0.3) is 17.7 Å². The monoisotopic (exact) mass is 454 g/mol. The molecule has 1 saturated heterocycles. The Morgan fingerprint density at radius 2 is 1.68 bits per heavy atom. The average molecular weight is 454 g/mol. The van der Waals surface area contributed by atoms with Crippen LogP contribution in [-0.4, -0.2) is 48.3 Å². The lowest BCUT2D eigenvalue weighted by molar-refractivity contribution is 0.0656. The van der Waals surface area contributed by atoms with Crippen molar-refractivity contribution < 1.29 is 19.2 Å². The summed E-state index contributed by atoms with van der Waals surface area (Å²) in [5, 5.41) is 5.55. The third kappa shape index (κ3) is 4.01. The molecular formula is C26H22N4O4. The molecule has 0 radical (unpaired) electrons. The van der Waals surface area contributed by atoms with Crippen molar-refractivity contribution in [2.24, 2.45) is 0 Å². The number of imide groups is 1. The van der Waals surface area contributed by atoms with E-state index in [0.29, 0.717) is 36.4 Å². The Bertz CT molecular complexity index is 1310. The second kappa shape index (κ2) is 8.82. The van der Waals surface area contributed by atoms with Crippen LogP contribution in [0.2, 0.25) is 0 Å². The van der Waals surface area contributed by atoms with Gasteiger partial charge in [0, 0.05) is 36.6 Å². The van der Waals surface area contributed by atoms with Crippen molar-refractivity contribution >= 4 is 35.1 Å². The van der Waals surface area contributed by atoms with Gasteiger partial charge in [-0.05, 0) is 48.4 Å². The van der Waals surface area contributed by atoms with E-state index >= 15 is 0 Å². The zero-order valence-electron chi connectivity index (χ0n) is 18.3. The first kappa shape index (κ1) is 21.4. The van der Waals surface area contributed by atoms with Crippen molar-refractivity contribution in [1.82, 2.24) is 10.2 Å². The van der Waals surface area contributed by atoms with Gasteiger partial charge in [-0.2, -0.15) is 0 Å². The number of hydrogen-bond acceptors (Lipinski definition) is 4. The number of fused-ring (bicyclic) bond motifs is 1. The molecule has 170 valence electrons. The fourth-order valence-electron chi connectivity index (χ4n) is 4.19. The van der Waals surface area contributed by atoms with Gasteiger partial charge in [-0.1, -0.05) is 36.4 Å². The molecule has 3 aromatic carbocycles. The van der Waals surface area contributed by atoms with Crippen molar-refractivity contribution in [2.75, 3.05) is 29.9 Å². The summed E-state index contributed by atoms with van der Waals surface area (Å²) < 4.78 is 0. The summed E-state index contributed by atoms with van der Waals surface area (Å²) in [7, 11) is 0. The lowest BCUT2D eigenvalue weighted by Gasteiger charge is -2.15. The van der Waals surface area contributed by atoms with Gasteiger partial charge >= 0.3 is 6.03 Å². The van der Waals surface area contributed by atoms with Gasteiger partial charge in [-0.25, -0.2) is 4.79 Å². The molecule has 2 heterocycles. The van der Waals surface area contributed by atoms with Crippen LogP contribution in [0, 0.1) is 0 Å². The van der Waals surface area contributed by atoms with E-state index in [9.17, 15) is 19.2 Å². The van der Waals surface area contributed by atoms with Crippen LogP contribution in [0.5, 0.6) is 0 Å². The molecule has 8 nitrogen and oxygen atoms in total. The summed E-state index contributed by atoms with van der Waals surface area (Å²) >= 11 is 0. The van der Waals surface area contributed by atoms with E-state index in [1.54, 1.807) is 29.2 Å². The number of anilines is 2. The quantitative estimate of drug-likeness (QED) is 0.559. The maximum Gasteiger partial charge on any atom is 0.321 e. The molecule has 0 aliphatic carbocycles. The van der Waals surface area contributed by atoms with Crippen LogP contribution in [0.25, 0.3) is 0 Å². The molecule has 5 rings (SSSR count). The molecule has 5 amide bonds. The highest BCUT2D eigenvalue weighted by Gasteiger charge is 2.35. The maximum absolute atomic E-state index is 12.9. The van der Waals surface area contributed by atoms with Gasteiger partial charge in [0.15, 0.2) is 0 Å². The predicted octanol–water partition coefficient (Wildman–Crippen LogP) is 3.31. The van der Waals surface area contributed by atoms with E-state index in [-0.39, 0.29) is 29.6 Å². The third-order valence-corrected chi connectivity index (χ3v) is 5.97. The molecule has 2 aliphatic heterocycles. The van der Waals surface area contributed by atoms with Crippen molar-refractivity contribution in [3.63, 3.8) is 0 Å². The van der Waals surface area contributed by atoms with E-state index in [0.717, 1.165) is 5.56 Å². The molecule has 1 fully saturated rings. The number of benzene rings is 3. The SMILES string of the molecule is O=C(Nc1cccc(N2CCNC2=O)c1)c1ccc2c(c1)C(=O)N(CCc1ccccc1)C2=O. The first-order valence-electron chi connectivity index (χ1n) is 11.0. The minimum Gasteiger partial charge on any atom is -0.336 e. The molecule has 34 heavy (non-hydrogen) atoms. The number of carbonyl (C=O) groups excluding carboxylic acids is 4. The molecule has 0 bridgehead atoms. The van der Waals surface area contributed by atoms with Gasteiger partial charge in [-0.15, -0.1) is 0 Å². The molecule has 2 aliphatic rings.